The molecule has 0 aromatic carbocycles. The molecule has 1 saturated carbocycles. The van der Waals surface area contributed by atoms with Gasteiger partial charge in [0.25, 0.3) is 0 Å². The fourth-order valence-corrected chi connectivity index (χ4v) is 3.71. The number of nitrogens with zero attached hydrogens (tertiary/aromatic N) is 2. The number of carbonyl (C=O) groups is 1. The molecule has 0 aromatic rings. The highest BCUT2D eigenvalue weighted by Gasteiger charge is 2.30. The maximum Gasteiger partial charge on any atom is 0.236 e. The van der Waals surface area contributed by atoms with Gasteiger partial charge in [0.1, 0.15) is 0 Å². The second kappa shape index (κ2) is 7.41. The molecule has 1 aliphatic carbocycles. The molecule has 1 heterocycles. The van der Waals surface area contributed by atoms with E-state index in [4.69, 9.17) is 0 Å². The van der Waals surface area contributed by atoms with E-state index in [1.54, 1.807) is 0 Å². The molecule has 1 saturated heterocycles. The van der Waals surface area contributed by atoms with E-state index in [1.165, 1.54) is 32.1 Å². The molecule has 2 rings (SSSR count). The van der Waals surface area contributed by atoms with Gasteiger partial charge in [0.05, 0.1) is 12.6 Å². The Kier molecular flexibility index (Phi) is 5.85. The lowest BCUT2D eigenvalue weighted by Crippen LogP contribution is -2.46. The minimum atomic E-state index is -0.254. The lowest BCUT2D eigenvalue weighted by Gasteiger charge is -2.34. The Bertz CT molecular complexity index is 314. The maximum absolute atomic E-state index is 12.5. The van der Waals surface area contributed by atoms with Crippen LogP contribution in [-0.2, 0) is 4.79 Å². The van der Waals surface area contributed by atoms with E-state index in [1.807, 2.05) is 6.92 Å². The van der Waals surface area contributed by atoms with Crippen molar-refractivity contribution in [2.45, 2.75) is 64.5 Å². The molecule has 0 radical (unpaired) electrons. The Morgan fingerprint density at radius 2 is 2.00 bits per heavy atom. The highest BCUT2D eigenvalue weighted by molar-refractivity contribution is 5.78. The molecule has 2 atom stereocenters. The van der Waals surface area contributed by atoms with E-state index >= 15 is 0 Å². The third kappa shape index (κ3) is 3.95. The van der Waals surface area contributed by atoms with Crippen LogP contribution < -0.4 is 0 Å². The van der Waals surface area contributed by atoms with Crippen molar-refractivity contribution in [3.8, 4) is 0 Å². The number of carbonyl (C=O) groups excluding carboxylic acids is 1. The molecule has 0 spiro atoms. The van der Waals surface area contributed by atoms with Crippen molar-refractivity contribution in [3.63, 3.8) is 0 Å². The average molecular weight is 282 g/mol. The number of aliphatic hydroxyl groups is 1. The van der Waals surface area contributed by atoms with Crippen molar-refractivity contribution in [3.05, 3.63) is 0 Å². The van der Waals surface area contributed by atoms with Gasteiger partial charge in [-0.3, -0.25) is 9.69 Å². The SMILES string of the molecule is CCN(C(=O)CN1CCC(C(C)O)C1)C1CCCCC1. The highest BCUT2D eigenvalue weighted by atomic mass is 16.3. The van der Waals surface area contributed by atoms with E-state index in [0.717, 1.165) is 26.1 Å². The molecule has 1 N–H and O–H groups in total. The van der Waals surface area contributed by atoms with Crippen LogP contribution in [0.2, 0.25) is 0 Å². The summed E-state index contributed by atoms with van der Waals surface area (Å²) in [5.41, 5.74) is 0. The largest absolute Gasteiger partial charge is 0.393 e. The van der Waals surface area contributed by atoms with Gasteiger partial charge in [0.2, 0.25) is 5.91 Å². The van der Waals surface area contributed by atoms with Gasteiger partial charge in [-0.2, -0.15) is 0 Å². The zero-order valence-corrected chi connectivity index (χ0v) is 13.1. The lowest BCUT2D eigenvalue weighted by atomic mass is 9.94. The quantitative estimate of drug-likeness (QED) is 0.837. The van der Waals surface area contributed by atoms with E-state index < -0.39 is 0 Å². The Morgan fingerprint density at radius 3 is 2.55 bits per heavy atom. The van der Waals surface area contributed by atoms with Crippen LogP contribution in [-0.4, -0.2) is 59.1 Å². The molecular formula is C16H30N2O2. The topological polar surface area (TPSA) is 43.8 Å². The number of amides is 1. The Hall–Kier alpha value is -0.610. The zero-order valence-electron chi connectivity index (χ0n) is 13.1. The van der Waals surface area contributed by atoms with Crippen molar-refractivity contribution >= 4 is 5.91 Å². The van der Waals surface area contributed by atoms with E-state index in [-0.39, 0.29) is 12.0 Å². The lowest BCUT2D eigenvalue weighted by molar-refractivity contribution is -0.135. The van der Waals surface area contributed by atoms with Gasteiger partial charge >= 0.3 is 0 Å². The van der Waals surface area contributed by atoms with Gasteiger partial charge in [0, 0.05) is 19.1 Å². The van der Waals surface area contributed by atoms with Crippen molar-refractivity contribution in [1.82, 2.24) is 9.80 Å². The summed E-state index contributed by atoms with van der Waals surface area (Å²) in [6, 6.07) is 0.469. The van der Waals surface area contributed by atoms with Crippen LogP contribution in [0.4, 0.5) is 0 Å². The summed E-state index contributed by atoms with van der Waals surface area (Å²) in [6.07, 6.45) is 6.97. The summed E-state index contributed by atoms with van der Waals surface area (Å²) in [5.74, 6) is 0.623. The standard InChI is InChI=1S/C16H30N2O2/c1-3-18(15-7-5-4-6-8-15)16(20)12-17-10-9-14(11-17)13(2)19/h13-15,19H,3-12H2,1-2H3. The van der Waals surface area contributed by atoms with Crippen LogP contribution in [0, 0.1) is 5.92 Å². The molecule has 116 valence electrons. The fourth-order valence-electron chi connectivity index (χ4n) is 3.71. The number of hydrogen-bond donors (Lipinski definition) is 1. The highest BCUT2D eigenvalue weighted by Crippen LogP contribution is 2.24. The summed E-state index contributed by atoms with van der Waals surface area (Å²) >= 11 is 0. The molecule has 4 nitrogen and oxygen atoms in total. The average Bonchev–Trinajstić information content (AvgIpc) is 2.89. The zero-order chi connectivity index (χ0) is 14.5. The number of aliphatic hydroxyl groups excluding tert-OH is 1. The number of rotatable bonds is 5. The first kappa shape index (κ1) is 15.8. The van der Waals surface area contributed by atoms with Gasteiger partial charge in [-0.05, 0) is 45.6 Å². The van der Waals surface area contributed by atoms with Gasteiger partial charge in [0.15, 0.2) is 0 Å². The maximum atomic E-state index is 12.5. The third-order valence-electron chi connectivity index (χ3n) is 5.03. The van der Waals surface area contributed by atoms with Crippen molar-refractivity contribution in [2.75, 3.05) is 26.2 Å². The van der Waals surface area contributed by atoms with Crippen LogP contribution in [0.25, 0.3) is 0 Å². The van der Waals surface area contributed by atoms with Gasteiger partial charge in [-0.1, -0.05) is 19.3 Å². The molecule has 20 heavy (non-hydrogen) atoms. The summed E-state index contributed by atoms with van der Waals surface area (Å²) < 4.78 is 0. The molecule has 4 heteroatoms. The predicted molar refractivity (Wildman–Crippen MR) is 80.5 cm³/mol. The molecule has 0 aromatic heterocycles. The fraction of sp³-hybridized carbons (Fsp3) is 0.938. The number of hydrogen-bond acceptors (Lipinski definition) is 3. The van der Waals surface area contributed by atoms with E-state index in [0.29, 0.717) is 18.5 Å². The van der Waals surface area contributed by atoms with Crippen LogP contribution in [0.1, 0.15) is 52.4 Å². The predicted octanol–water partition coefficient (Wildman–Crippen LogP) is 1.87. The molecular weight excluding hydrogens is 252 g/mol. The second-order valence-corrected chi connectivity index (χ2v) is 6.50. The molecule has 0 bridgehead atoms. The summed E-state index contributed by atoms with van der Waals surface area (Å²) in [7, 11) is 0. The summed E-state index contributed by atoms with van der Waals surface area (Å²) in [4.78, 5) is 16.8. The van der Waals surface area contributed by atoms with Crippen molar-refractivity contribution in [2.24, 2.45) is 5.92 Å². The number of likely N-dealkylation sites (N-methyl/N-ethyl adjacent to an activating group) is 1. The van der Waals surface area contributed by atoms with Gasteiger partial charge < -0.3 is 10.0 Å². The third-order valence-corrected chi connectivity index (χ3v) is 5.03. The molecule has 1 amide bonds. The van der Waals surface area contributed by atoms with Crippen LogP contribution in [0.5, 0.6) is 0 Å². The first-order valence-corrected chi connectivity index (χ1v) is 8.31. The molecule has 2 fully saturated rings. The minimum absolute atomic E-state index is 0.254. The second-order valence-electron chi connectivity index (χ2n) is 6.50. The monoisotopic (exact) mass is 282 g/mol. The van der Waals surface area contributed by atoms with E-state index in [9.17, 15) is 9.90 Å². The van der Waals surface area contributed by atoms with E-state index in [2.05, 4.69) is 16.7 Å². The Balaban J connectivity index is 1.83. The molecule has 2 unspecified atom stereocenters. The first-order chi connectivity index (χ1) is 9.61. The van der Waals surface area contributed by atoms with Crippen molar-refractivity contribution < 1.29 is 9.90 Å². The van der Waals surface area contributed by atoms with Gasteiger partial charge in [-0.15, -0.1) is 0 Å². The normalized spacial score (nSPS) is 26.6. The molecule has 2 aliphatic rings. The summed E-state index contributed by atoms with van der Waals surface area (Å²) in [6.45, 7) is 7.13. The molecule has 1 aliphatic heterocycles. The van der Waals surface area contributed by atoms with Crippen LogP contribution in [0.15, 0.2) is 0 Å². The van der Waals surface area contributed by atoms with Crippen molar-refractivity contribution in [1.29, 1.82) is 0 Å². The van der Waals surface area contributed by atoms with Gasteiger partial charge in [-0.25, -0.2) is 0 Å². The first-order valence-electron chi connectivity index (χ1n) is 8.31. The Morgan fingerprint density at radius 1 is 1.30 bits per heavy atom. The number of likely N-dealkylation sites (tertiary alicyclic amines) is 1. The minimum Gasteiger partial charge on any atom is -0.393 e. The van der Waals surface area contributed by atoms with Crippen LogP contribution >= 0.6 is 0 Å². The van der Waals surface area contributed by atoms with Crippen LogP contribution in [0.3, 0.4) is 0 Å². The summed E-state index contributed by atoms with van der Waals surface area (Å²) in [5, 5.41) is 9.64. The smallest absolute Gasteiger partial charge is 0.236 e. The Labute approximate surface area is 123 Å².